The van der Waals surface area contributed by atoms with E-state index < -0.39 is 13.9 Å². The number of para-hydroxylation sites is 1. The fourth-order valence-corrected chi connectivity index (χ4v) is 6.85. The van der Waals surface area contributed by atoms with Crippen molar-refractivity contribution in [2.24, 2.45) is 5.92 Å². The summed E-state index contributed by atoms with van der Waals surface area (Å²) >= 11 is 0. The van der Waals surface area contributed by atoms with Gasteiger partial charge in [-0.15, -0.1) is 0 Å². The number of aromatic nitrogens is 1. The van der Waals surface area contributed by atoms with Crippen LogP contribution in [0.15, 0.2) is 47.0 Å². The van der Waals surface area contributed by atoms with Gasteiger partial charge in [0.05, 0.1) is 24.7 Å². The molecule has 44 heavy (non-hydrogen) atoms. The first kappa shape index (κ1) is 32.9. The Kier molecular flexibility index (Phi) is 10.00. The van der Waals surface area contributed by atoms with E-state index in [2.05, 4.69) is 10.3 Å². The first-order valence-corrected chi connectivity index (χ1v) is 18.5. The summed E-state index contributed by atoms with van der Waals surface area (Å²) in [5.74, 6) is -0.0626. The van der Waals surface area contributed by atoms with Gasteiger partial charge in [-0.3, -0.25) is 19.3 Å². The quantitative estimate of drug-likeness (QED) is 0.155. The molecular formula is C33H44N4O6Si. The molecule has 0 unspecified atom stereocenters. The Morgan fingerprint density at radius 3 is 2.59 bits per heavy atom. The number of aryl methyl sites for hydroxylation is 1. The summed E-state index contributed by atoms with van der Waals surface area (Å²) in [5, 5.41) is 4.36. The Bertz CT molecular complexity index is 1560. The molecule has 0 aliphatic carbocycles. The number of anilines is 2. The molecule has 2 amide bonds. The Labute approximate surface area is 260 Å². The summed E-state index contributed by atoms with van der Waals surface area (Å²) in [6, 6.07) is 9.62. The van der Waals surface area contributed by atoms with Crippen molar-refractivity contribution in [3.05, 3.63) is 59.5 Å². The third-order valence-corrected chi connectivity index (χ3v) is 8.82. The molecule has 0 radical (unpaired) electrons. The molecule has 10 nitrogen and oxygen atoms in total. The molecule has 3 aromatic rings. The standard InChI is InChI=1S/C33H44N4O6Si/c1-9-24(10-2)31(39)41-21-37-30-26(35-20-33(4,32(37)40)43-44(6,7)8)17-23(18-34-30)15-16-29(38)36(5)19-28-22(3)25-13-11-12-14-27(25)42-28/h11-18,24,35H,9-10,19-21H2,1-8H3/b16-15+/t33-/m1/s1. The summed E-state index contributed by atoms with van der Waals surface area (Å²) in [4.78, 5) is 47.2. The number of pyridine rings is 1. The number of esters is 1. The van der Waals surface area contributed by atoms with E-state index in [-0.39, 0.29) is 37.0 Å². The predicted octanol–water partition coefficient (Wildman–Crippen LogP) is 6.11. The van der Waals surface area contributed by atoms with Gasteiger partial charge in [0, 0.05) is 30.3 Å². The fourth-order valence-electron chi connectivity index (χ4n) is 5.34. The molecule has 11 heteroatoms. The number of rotatable bonds is 11. The van der Waals surface area contributed by atoms with Gasteiger partial charge in [0.15, 0.2) is 26.5 Å². The van der Waals surface area contributed by atoms with Crippen LogP contribution >= 0.6 is 0 Å². The maximum absolute atomic E-state index is 13.9. The molecule has 0 fully saturated rings. The number of nitrogens with one attached hydrogen (secondary N) is 1. The minimum atomic E-state index is -2.15. The molecule has 4 rings (SSSR count). The molecule has 1 N–H and O–H groups in total. The van der Waals surface area contributed by atoms with Crippen molar-refractivity contribution in [1.82, 2.24) is 9.88 Å². The van der Waals surface area contributed by atoms with Gasteiger partial charge in [0.1, 0.15) is 11.3 Å². The van der Waals surface area contributed by atoms with Gasteiger partial charge >= 0.3 is 5.97 Å². The van der Waals surface area contributed by atoms with Crippen molar-refractivity contribution >= 4 is 54.7 Å². The number of ether oxygens (including phenoxy) is 1. The molecule has 1 aliphatic heterocycles. The van der Waals surface area contributed by atoms with Crippen LogP contribution in [0.3, 0.4) is 0 Å². The van der Waals surface area contributed by atoms with Crippen molar-refractivity contribution in [3.63, 3.8) is 0 Å². The molecule has 2 aromatic heterocycles. The van der Waals surface area contributed by atoms with E-state index >= 15 is 0 Å². The maximum Gasteiger partial charge on any atom is 0.310 e. The van der Waals surface area contributed by atoms with Crippen LogP contribution in [0, 0.1) is 12.8 Å². The molecule has 3 heterocycles. The Balaban J connectivity index is 1.55. The largest absolute Gasteiger partial charge is 0.459 e. The SMILES string of the molecule is CCC(CC)C(=O)OCN1C(=O)[C@](C)(O[Si](C)(C)C)CNc2cc(/C=C/C(=O)N(C)Cc3oc4ccccc4c3C)cnc21. The van der Waals surface area contributed by atoms with Crippen LogP contribution < -0.4 is 10.2 Å². The lowest BCUT2D eigenvalue weighted by Gasteiger charge is -2.36. The number of carbonyl (C=O) groups excluding carboxylic acids is 3. The second-order valence-corrected chi connectivity index (χ2v) is 16.9. The zero-order valence-corrected chi connectivity index (χ0v) is 28.0. The smallest absolute Gasteiger partial charge is 0.310 e. The summed E-state index contributed by atoms with van der Waals surface area (Å²) in [6.45, 7) is 13.9. The van der Waals surface area contributed by atoms with Gasteiger partial charge in [-0.05, 0) is 70.1 Å². The number of hydrogen-bond acceptors (Lipinski definition) is 8. The average Bonchev–Trinajstić information content (AvgIpc) is 3.24. The van der Waals surface area contributed by atoms with Crippen LogP contribution in [-0.2, 0) is 30.1 Å². The molecule has 236 valence electrons. The Morgan fingerprint density at radius 2 is 1.93 bits per heavy atom. The normalized spacial score (nSPS) is 17.1. The van der Waals surface area contributed by atoms with E-state index in [4.69, 9.17) is 13.6 Å². The highest BCUT2D eigenvalue weighted by Gasteiger charge is 2.45. The van der Waals surface area contributed by atoms with Crippen LogP contribution in [0.4, 0.5) is 11.5 Å². The van der Waals surface area contributed by atoms with Crippen molar-refractivity contribution in [1.29, 1.82) is 0 Å². The molecule has 1 aliphatic rings. The molecule has 0 spiro atoms. The first-order chi connectivity index (χ1) is 20.8. The Hall–Kier alpha value is -3.96. The van der Waals surface area contributed by atoms with E-state index in [9.17, 15) is 14.4 Å². The summed E-state index contributed by atoms with van der Waals surface area (Å²) in [7, 11) is -0.429. The number of hydrogen-bond donors (Lipinski definition) is 1. The number of fused-ring (bicyclic) bond motifs is 2. The second kappa shape index (κ2) is 13.4. The maximum atomic E-state index is 13.9. The zero-order valence-electron chi connectivity index (χ0n) is 27.0. The van der Waals surface area contributed by atoms with Gasteiger partial charge in [-0.1, -0.05) is 32.0 Å². The number of nitrogens with zero attached hydrogens (tertiary/aromatic N) is 3. The van der Waals surface area contributed by atoms with Crippen LogP contribution in [0.25, 0.3) is 17.0 Å². The fraction of sp³-hybridized carbons (Fsp3) is 0.455. The van der Waals surface area contributed by atoms with Crippen LogP contribution in [-0.4, -0.2) is 61.9 Å². The first-order valence-electron chi connectivity index (χ1n) is 15.1. The van der Waals surface area contributed by atoms with Gasteiger partial charge in [-0.25, -0.2) is 4.98 Å². The monoisotopic (exact) mass is 620 g/mol. The number of benzene rings is 1. The van der Waals surface area contributed by atoms with Crippen molar-refractivity contribution < 1.29 is 28.0 Å². The Morgan fingerprint density at radius 1 is 1.23 bits per heavy atom. The van der Waals surface area contributed by atoms with Gasteiger partial charge in [0.2, 0.25) is 5.91 Å². The lowest BCUT2D eigenvalue weighted by atomic mass is 10.0. The summed E-state index contributed by atoms with van der Waals surface area (Å²) in [6.07, 6.45) is 6.05. The summed E-state index contributed by atoms with van der Waals surface area (Å²) < 4.78 is 18.0. The average molecular weight is 621 g/mol. The van der Waals surface area contributed by atoms with Crippen molar-refractivity contribution in [3.8, 4) is 0 Å². The van der Waals surface area contributed by atoms with Crippen molar-refractivity contribution in [2.45, 2.75) is 72.3 Å². The minimum Gasteiger partial charge on any atom is -0.459 e. The minimum absolute atomic E-state index is 0.200. The summed E-state index contributed by atoms with van der Waals surface area (Å²) in [5.41, 5.74) is 1.84. The lowest BCUT2D eigenvalue weighted by Crippen LogP contribution is -2.56. The molecule has 0 saturated carbocycles. The third kappa shape index (κ3) is 7.39. The molecule has 0 bridgehead atoms. The van der Waals surface area contributed by atoms with Crippen LogP contribution in [0.1, 0.15) is 50.5 Å². The van der Waals surface area contributed by atoms with Gasteiger partial charge in [-0.2, -0.15) is 0 Å². The second-order valence-electron chi connectivity index (χ2n) is 12.5. The van der Waals surface area contributed by atoms with E-state index in [1.165, 1.54) is 11.0 Å². The van der Waals surface area contributed by atoms with E-state index in [0.29, 0.717) is 36.5 Å². The number of furan rings is 1. The number of amides is 2. The highest BCUT2D eigenvalue weighted by atomic mass is 28.4. The molecular weight excluding hydrogens is 576 g/mol. The van der Waals surface area contributed by atoms with Gasteiger partial charge in [0.25, 0.3) is 5.91 Å². The highest BCUT2D eigenvalue weighted by molar-refractivity contribution is 6.70. The lowest BCUT2D eigenvalue weighted by molar-refractivity contribution is -0.150. The molecule has 1 atom stereocenters. The van der Waals surface area contributed by atoms with E-state index in [1.54, 1.807) is 31.1 Å². The third-order valence-electron chi connectivity index (χ3n) is 7.76. The van der Waals surface area contributed by atoms with Crippen molar-refractivity contribution in [2.75, 3.05) is 30.5 Å². The highest BCUT2D eigenvalue weighted by Crippen LogP contribution is 2.34. The van der Waals surface area contributed by atoms with Crippen LogP contribution in [0.2, 0.25) is 19.6 Å². The number of carbonyl (C=O) groups is 3. The zero-order chi connectivity index (χ0) is 32.2. The van der Waals surface area contributed by atoms with E-state index in [0.717, 1.165) is 22.3 Å². The number of likely N-dealkylation sites (N-methyl/N-ethyl adjacent to an activating group) is 1. The predicted molar refractivity (Wildman–Crippen MR) is 175 cm³/mol. The van der Waals surface area contributed by atoms with E-state index in [1.807, 2.05) is 70.7 Å². The van der Waals surface area contributed by atoms with Crippen LogP contribution in [0.5, 0.6) is 0 Å². The topological polar surface area (TPSA) is 114 Å². The molecule has 0 saturated heterocycles. The molecule has 1 aromatic carbocycles. The van der Waals surface area contributed by atoms with Gasteiger partial charge < -0.3 is 23.8 Å².